The van der Waals surface area contributed by atoms with E-state index in [9.17, 15) is 14.4 Å². The second-order valence-electron chi connectivity index (χ2n) is 7.60. The monoisotopic (exact) mass is 379 g/mol. The van der Waals surface area contributed by atoms with Crippen molar-refractivity contribution in [2.75, 3.05) is 24.3 Å². The van der Waals surface area contributed by atoms with Crippen molar-refractivity contribution in [3.05, 3.63) is 59.7 Å². The Morgan fingerprint density at radius 1 is 0.964 bits per heavy atom. The van der Waals surface area contributed by atoms with Crippen LogP contribution in [0.25, 0.3) is 0 Å². The standard InChI is InChI=1S/C22H25N3O3/c1-14(2)13-19(20(26)23-15-9-11-16(12-10-15)24(3)4)25-21(27)17-7-5-6-8-18(17)22(25)28/h5-12,14,19H,13H2,1-4H3,(H,23,26)/t19-/m0/s1. The van der Waals surface area contributed by atoms with Gasteiger partial charge in [0.05, 0.1) is 11.1 Å². The number of nitrogens with one attached hydrogen (secondary N) is 1. The first kappa shape index (κ1) is 19.6. The molecular weight excluding hydrogens is 354 g/mol. The van der Waals surface area contributed by atoms with E-state index < -0.39 is 17.9 Å². The molecule has 0 bridgehead atoms. The molecule has 6 nitrogen and oxygen atoms in total. The number of carbonyl (C=O) groups is 3. The van der Waals surface area contributed by atoms with E-state index in [0.717, 1.165) is 10.6 Å². The number of anilines is 2. The number of fused-ring (bicyclic) bond motifs is 1. The van der Waals surface area contributed by atoms with Crippen LogP contribution in [0.4, 0.5) is 11.4 Å². The van der Waals surface area contributed by atoms with Crippen LogP contribution in [0.1, 0.15) is 41.0 Å². The highest BCUT2D eigenvalue weighted by molar-refractivity contribution is 6.23. The zero-order valence-electron chi connectivity index (χ0n) is 16.6. The van der Waals surface area contributed by atoms with Crippen molar-refractivity contribution in [2.24, 2.45) is 5.92 Å². The SMILES string of the molecule is CC(C)C[C@@H](C(=O)Nc1ccc(N(C)C)cc1)N1C(=O)c2ccccc2C1=O. The van der Waals surface area contributed by atoms with E-state index in [1.807, 2.05) is 57.1 Å². The van der Waals surface area contributed by atoms with E-state index in [4.69, 9.17) is 0 Å². The average Bonchev–Trinajstić information content (AvgIpc) is 2.91. The second kappa shape index (κ2) is 7.84. The van der Waals surface area contributed by atoms with Gasteiger partial charge in [0.1, 0.15) is 6.04 Å². The maximum absolute atomic E-state index is 13.0. The highest BCUT2D eigenvalue weighted by atomic mass is 16.2. The first-order chi connectivity index (χ1) is 13.3. The minimum Gasteiger partial charge on any atom is -0.378 e. The van der Waals surface area contributed by atoms with Crippen molar-refractivity contribution in [3.8, 4) is 0 Å². The van der Waals surface area contributed by atoms with E-state index in [1.165, 1.54) is 0 Å². The molecule has 2 aromatic rings. The predicted molar refractivity (Wildman–Crippen MR) is 110 cm³/mol. The molecule has 1 aliphatic heterocycles. The van der Waals surface area contributed by atoms with Gasteiger partial charge in [-0.2, -0.15) is 0 Å². The predicted octanol–water partition coefficient (Wildman–Crippen LogP) is 3.40. The van der Waals surface area contributed by atoms with Crippen LogP contribution in [0.3, 0.4) is 0 Å². The summed E-state index contributed by atoms with van der Waals surface area (Å²) in [4.78, 5) is 41.8. The molecule has 1 atom stereocenters. The molecule has 0 fully saturated rings. The second-order valence-corrected chi connectivity index (χ2v) is 7.60. The molecule has 0 aromatic heterocycles. The Bertz CT molecular complexity index is 868. The van der Waals surface area contributed by atoms with E-state index >= 15 is 0 Å². The van der Waals surface area contributed by atoms with Gasteiger partial charge in [-0.15, -0.1) is 0 Å². The summed E-state index contributed by atoms with van der Waals surface area (Å²) in [5, 5.41) is 2.85. The fraction of sp³-hybridized carbons (Fsp3) is 0.318. The Hall–Kier alpha value is -3.15. The van der Waals surface area contributed by atoms with Crippen LogP contribution in [0.2, 0.25) is 0 Å². The van der Waals surface area contributed by atoms with Gasteiger partial charge in [0.25, 0.3) is 11.8 Å². The van der Waals surface area contributed by atoms with Gasteiger partial charge in [0, 0.05) is 25.5 Å². The van der Waals surface area contributed by atoms with Crippen LogP contribution < -0.4 is 10.2 Å². The quantitative estimate of drug-likeness (QED) is 0.781. The van der Waals surface area contributed by atoms with Crippen molar-refractivity contribution in [2.45, 2.75) is 26.3 Å². The highest BCUT2D eigenvalue weighted by Gasteiger charge is 2.42. The molecule has 0 aliphatic carbocycles. The van der Waals surface area contributed by atoms with Crippen LogP contribution in [0, 0.1) is 5.92 Å². The maximum Gasteiger partial charge on any atom is 0.262 e. The molecule has 0 saturated heterocycles. The minimum atomic E-state index is -0.860. The van der Waals surface area contributed by atoms with Gasteiger partial charge < -0.3 is 10.2 Å². The molecule has 0 unspecified atom stereocenters. The van der Waals surface area contributed by atoms with Crippen LogP contribution in [0.5, 0.6) is 0 Å². The van der Waals surface area contributed by atoms with E-state index in [2.05, 4.69) is 5.32 Å². The number of nitrogens with zero attached hydrogens (tertiary/aromatic N) is 2. The molecule has 146 valence electrons. The molecule has 6 heteroatoms. The van der Waals surface area contributed by atoms with Crippen LogP contribution in [-0.4, -0.2) is 42.8 Å². The van der Waals surface area contributed by atoms with E-state index in [0.29, 0.717) is 23.2 Å². The lowest BCUT2D eigenvalue weighted by Gasteiger charge is -2.27. The Balaban J connectivity index is 1.85. The normalized spacial score (nSPS) is 14.2. The number of carbonyl (C=O) groups excluding carboxylic acids is 3. The third kappa shape index (κ3) is 3.76. The summed E-state index contributed by atoms with van der Waals surface area (Å²) in [5.41, 5.74) is 2.34. The minimum absolute atomic E-state index is 0.135. The van der Waals surface area contributed by atoms with Gasteiger partial charge in [0.15, 0.2) is 0 Å². The van der Waals surface area contributed by atoms with Gasteiger partial charge in [-0.05, 0) is 48.7 Å². The number of hydrogen-bond acceptors (Lipinski definition) is 4. The van der Waals surface area contributed by atoms with Crippen LogP contribution in [0.15, 0.2) is 48.5 Å². The molecule has 3 rings (SSSR count). The largest absolute Gasteiger partial charge is 0.378 e. The molecule has 3 amide bonds. The van der Waals surface area contributed by atoms with E-state index in [-0.39, 0.29) is 11.8 Å². The molecule has 1 N–H and O–H groups in total. The molecule has 0 radical (unpaired) electrons. The summed E-state index contributed by atoms with van der Waals surface area (Å²) < 4.78 is 0. The first-order valence-corrected chi connectivity index (χ1v) is 9.34. The summed E-state index contributed by atoms with van der Waals surface area (Å²) in [7, 11) is 3.88. The van der Waals surface area contributed by atoms with E-state index in [1.54, 1.807) is 24.3 Å². The molecule has 28 heavy (non-hydrogen) atoms. The van der Waals surface area contributed by atoms with Gasteiger partial charge in [0.2, 0.25) is 5.91 Å². The third-order valence-corrected chi connectivity index (χ3v) is 4.79. The molecule has 1 heterocycles. The summed E-state index contributed by atoms with van der Waals surface area (Å²) in [6, 6.07) is 13.2. The number of amides is 3. The number of hydrogen-bond donors (Lipinski definition) is 1. The summed E-state index contributed by atoms with van der Waals surface area (Å²) in [6.45, 7) is 3.93. The van der Waals surface area contributed by atoms with Gasteiger partial charge in [-0.3, -0.25) is 19.3 Å². The Kier molecular flexibility index (Phi) is 5.49. The number of rotatable bonds is 6. The smallest absolute Gasteiger partial charge is 0.262 e. The van der Waals surface area contributed by atoms with Crippen molar-refractivity contribution in [1.29, 1.82) is 0 Å². The molecule has 1 aliphatic rings. The zero-order chi connectivity index (χ0) is 20.4. The van der Waals surface area contributed by atoms with Crippen LogP contribution in [-0.2, 0) is 4.79 Å². The summed E-state index contributed by atoms with van der Waals surface area (Å²) in [6.07, 6.45) is 0.396. The highest BCUT2D eigenvalue weighted by Crippen LogP contribution is 2.27. The lowest BCUT2D eigenvalue weighted by atomic mass is 10.0. The summed E-state index contributed by atoms with van der Waals surface area (Å²) in [5.74, 6) is -1.05. The Labute approximate surface area is 165 Å². The molecular formula is C22H25N3O3. The molecule has 0 spiro atoms. The lowest BCUT2D eigenvalue weighted by Crippen LogP contribution is -2.47. The molecule has 0 saturated carbocycles. The van der Waals surface area contributed by atoms with Crippen molar-refractivity contribution in [3.63, 3.8) is 0 Å². The third-order valence-electron chi connectivity index (χ3n) is 4.79. The van der Waals surface area contributed by atoms with Crippen molar-refractivity contribution in [1.82, 2.24) is 4.90 Å². The number of benzene rings is 2. The first-order valence-electron chi connectivity index (χ1n) is 9.34. The van der Waals surface area contributed by atoms with Gasteiger partial charge in [-0.1, -0.05) is 26.0 Å². The Morgan fingerprint density at radius 2 is 1.50 bits per heavy atom. The Morgan fingerprint density at radius 3 is 1.96 bits per heavy atom. The summed E-state index contributed by atoms with van der Waals surface area (Å²) >= 11 is 0. The fourth-order valence-electron chi connectivity index (χ4n) is 3.34. The van der Waals surface area contributed by atoms with Crippen molar-refractivity contribution >= 4 is 29.1 Å². The average molecular weight is 379 g/mol. The van der Waals surface area contributed by atoms with Gasteiger partial charge in [-0.25, -0.2) is 0 Å². The number of imide groups is 1. The topological polar surface area (TPSA) is 69.7 Å². The maximum atomic E-state index is 13.0. The zero-order valence-corrected chi connectivity index (χ0v) is 16.6. The van der Waals surface area contributed by atoms with Crippen molar-refractivity contribution < 1.29 is 14.4 Å². The van der Waals surface area contributed by atoms with Gasteiger partial charge >= 0.3 is 0 Å². The van der Waals surface area contributed by atoms with Crippen LogP contribution >= 0.6 is 0 Å². The lowest BCUT2D eigenvalue weighted by molar-refractivity contribution is -0.120. The molecule has 2 aromatic carbocycles. The fourth-order valence-corrected chi connectivity index (χ4v) is 3.34.